The molecule has 0 aromatic heterocycles. The molecule has 10 nitrogen and oxygen atoms in total. The van der Waals surface area contributed by atoms with Crippen LogP contribution in [0.1, 0.15) is 42.9 Å². The summed E-state index contributed by atoms with van der Waals surface area (Å²) in [7, 11) is 0. The average Bonchev–Trinajstić information content (AvgIpc) is 3.00. The molecular formula is C32H44N2O8. The van der Waals surface area contributed by atoms with Crippen LogP contribution in [0.2, 0.25) is 0 Å². The van der Waals surface area contributed by atoms with Crippen molar-refractivity contribution in [1.82, 2.24) is 5.32 Å². The Morgan fingerprint density at radius 2 is 1.36 bits per heavy atom. The Labute approximate surface area is 248 Å². The molecule has 2 aromatic rings. The summed E-state index contributed by atoms with van der Waals surface area (Å²) >= 11 is 0. The maximum Gasteiger partial charge on any atom is 0.305 e. The monoisotopic (exact) mass is 584 g/mol. The molecule has 0 aliphatic carbocycles. The largest absolute Gasteiger partial charge is 0.481 e. The molecule has 0 radical (unpaired) electrons. The van der Waals surface area contributed by atoms with Crippen LogP contribution in [0.15, 0.2) is 55.1 Å². The zero-order chi connectivity index (χ0) is 30.4. The van der Waals surface area contributed by atoms with Crippen LogP contribution in [0.4, 0.5) is 5.69 Å². The van der Waals surface area contributed by atoms with E-state index in [-0.39, 0.29) is 37.7 Å². The van der Waals surface area contributed by atoms with Gasteiger partial charge in [0.05, 0.1) is 71.5 Å². The molecule has 0 atom stereocenters. The van der Waals surface area contributed by atoms with E-state index in [0.29, 0.717) is 59.3 Å². The molecule has 2 N–H and O–H groups in total. The smallest absolute Gasteiger partial charge is 0.305 e. The highest BCUT2D eigenvalue weighted by Crippen LogP contribution is 2.25. The molecule has 0 aliphatic rings. The number of benzene rings is 2. The van der Waals surface area contributed by atoms with Crippen molar-refractivity contribution in [3.8, 4) is 0 Å². The lowest BCUT2D eigenvalue weighted by Gasteiger charge is -2.26. The molecule has 0 spiro atoms. The molecule has 42 heavy (non-hydrogen) atoms. The van der Waals surface area contributed by atoms with Crippen LogP contribution in [0.3, 0.4) is 0 Å². The first kappa shape index (κ1) is 34.6. The molecule has 2 aromatic carbocycles. The number of nitrogens with zero attached hydrogens (tertiary/aromatic N) is 1. The summed E-state index contributed by atoms with van der Waals surface area (Å²) in [6.45, 7) is 9.53. The van der Waals surface area contributed by atoms with Crippen LogP contribution < -0.4 is 10.2 Å². The normalized spacial score (nSPS) is 10.8. The fourth-order valence-corrected chi connectivity index (χ4v) is 4.07. The van der Waals surface area contributed by atoms with Crippen LogP contribution in [0.25, 0.3) is 6.08 Å². The lowest BCUT2D eigenvalue weighted by molar-refractivity contribution is -0.138. The lowest BCUT2D eigenvalue weighted by Crippen LogP contribution is -2.33. The summed E-state index contributed by atoms with van der Waals surface area (Å²) < 4.78 is 21.3. The maximum absolute atomic E-state index is 13.4. The standard InChI is InChI=1S/C32H44N2O8/c1-3-26-9-5-6-11-28(26)25-34(29-12-8-7-10-27(29)4-2)31(36)14-13-30(35)33-16-18-40-20-22-42-24-23-41-21-19-39-17-15-32(37)38/h4-12H,2-3,13-25H2,1H3,(H,33,35)(H,37,38). The summed E-state index contributed by atoms with van der Waals surface area (Å²) in [6, 6.07) is 15.7. The second-order valence-electron chi connectivity index (χ2n) is 9.31. The molecule has 10 heteroatoms. The number of ether oxygens (including phenoxy) is 4. The van der Waals surface area contributed by atoms with Gasteiger partial charge in [-0.3, -0.25) is 14.4 Å². The molecule has 2 amide bonds. The number of amides is 2. The molecule has 0 aliphatic heterocycles. The first-order valence-electron chi connectivity index (χ1n) is 14.3. The molecule has 0 saturated carbocycles. The van der Waals surface area contributed by atoms with Crippen LogP contribution in [0, 0.1) is 0 Å². The highest BCUT2D eigenvalue weighted by Gasteiger charge is 2.20. The van der Waals surface area contributed by atoms with Gasteiger partial charge in [0.25, 0.3) is 0 Å². The molecule has 230 valence electrons. The Balaban J connectivity index is 1.64. The number of rotatable bonds is 23. The van der Waals surface area contributed by atoms with E-state index in [1.54, 1.807) is 11.0 Å². The van der Waals surface area contributed by atoms with E-state index < -0.39 is 5.97 Å². The Kier molecular flexibility index (Phi) is 17.5. The Hall–Kier alpha value is -3.57. The topological polar surface area (TPSA) is 124 Å². The van der Waals surface area contributed by atoms with Crippen molar-refractivity contribution in [1.29, 1.82) is 0 Å². The number of carboxylic acids is 1. The van der Waals surface area contributed by atoms with Gasteiger partial charge in [0, 0.05) is 19.4 Å². The highest BCUT2D eigenvalue weighted by molar-refractivity contribution is 5.97. The fourth-order valence-electron chi connectivity index (χ4n) is 4.07. The van der Waals surface area contributed by atoms with E-state index in [4.69, 9.17) is 24.1 Å². The summed E-state index contributed by atoms with van der Waals surface area (Å²) in [5.74, 6) is -1.23. The Bertz CT molecular complexity index is 1110. The van der Waals surface area contributed by atoms with Crippen molar-refractivity contribution in [2.24, 2.45) is 0 Å². The van der Waals surface area contributed by atoms with Gasteiger partial charge >= 0.3 is 5.97 Å². The zero-order valence-electron chi connectivity index (χ0n) is 24.6. The number of nitrogens with one attached hydrogen (secondary N) is 1. The number of hydrogen-bond donors (Lipinski definition) is 2. The van der Waals surface area contributed by atoms with Gasteiger partial charge in [-0.2, -0.15) is 0 Å². The first-order valence-corrected chi connectivity index (χ1v) is 14.3. The minimum absolute atomic E-state index is 0.0217. The van der Waals surface area contributed by atoms with Gasteiger partial charge < -0.3 is 34.3 Å². The maximum atomic E-state index is 13.4. The number of carboxylic acid groups (broad SMARTS) is 1. The number of para-hydroxylation sites is 1. The second-order valence-corrected chi connectivity index (χ2v) is 9.31. The Morgan fingerprint density at radius 1 is 0.786 bits per heavy atom. The second kappa shape index (κ2) is 21.2. The Morgan fingerprint density at radius 3 is 1.98 bits per heavy atom. The summed E-state index contributed by atoms with van der Waals surface area (Å²) in [4.78, 5) is 37.9. The van der Waals surface area contributed by atoms with E-state index in [1.807, 2.05) is 42.5 Å². The molecular weight excluding hydrogens is 540 g/mol. The van der Waals surface area contributed by atoms with E-state index >= 15 is 0 Å². The summed E-state index contributed by atoms with van der Waals surface area (Å²) in [5.41, 5.74) is 3.88. The van der Waals surface area contributed by atoms with Gasteiger partial charge in [-0.15, -0.1) is 0 Å². The number of hydrogen-bond acceptors (Lipinski definition) is 7. The van der Waals surface area contributed by atoms with Crippen molar-refractivity contribution in [2.45, 2.75) is 39.2 Å². The predicted molar refractivity (Wildman–Crippen MR) is 161 cm³/mol. The van der Waals surface area contributed by atoms with Gasteiger partial charge in [-0.25, -0.2) is 0 Å². The van der Waals surface area contributed by atoms with E-state index in [1.165, 1.54) is 5.56 Å². The number of carbonyl (C=O) groups excluding carboxylic acids is 2. The summed E-state index contributed by atoms with van der Waals surface area (Å²) in [6.07, 6.45) is 2.73. The van der Waals surface area contributed by atoms with Gasteiger partial charge in [0.2, 0.25) is 11.8 Å². The van der Waals surface area contributed by atoms with Gasteiger partial charge in [0.15, 0.2) is 0 Å². The number of carbonyl (C=O) groups is 3. The van der Waals surface area contributed by atoms with Crippen LogP contribution in [-0.2, 0) is 46.3 Å². The quantitative estimate of drug-likeness (QED) is 0.189. The SMILES string of the molecule is C=Cc1ccccc1N(Cc1ccccc1CC)C(=O)CCC(=O)NCCOCCOCCOCCOCCC(=O)O. The minimum Gasteiger partial charge on any atom is -0.481 e. The molecule has 0 heterocycles. The summed E-state index contributed by atoms with van der Waals surface area (Å²) in [5, 5.41) is 11.3. The number of aryl methyl sites for hydroxylation is 1. The van der Waals surface area contributed by atoms with Crippen molar-refractivity contribution in [2.75, 3.05) is 64.3 Å². The molecule has 0 saturated heterocycles. The third-order valence-corrected chi connectivity index (χ3v) is 6.29. The van der Waals surface area contributed by atoms with E-state index in [9.17, 15) is 14.4 Å². The van der Waals surface area contributed by atoms with E-state index in [0.717, 1.165) is 23.2 Å². The van der Waals surface area contributed by atoms with Gasteiger partial charge in [-0.05, 0) is 29.2 Å². The average molecular weight is 585 g/mol. The third kappa shape index (κ3) is 13.9. The van der Waals surface area contributed by atoms with Crippen molar-refractivity contribution < 1.29 is 38.4 Å². The zero-order valence-corrected chi connectivity index (χ0v) is 24.6. The van der Waals surface area contributed by atoms with Crippen LogP contribution in [0.5, 0.6) is 0 Å². The number of anilines is 1. The molecule has 2 rings (SSSR count). The highest BCUT2D eigenvalue weighted by atomic mass is 16.6. The fraction of sp³-hybridized carbons (Fsp3) is 0.469. The molecule has 0 fully saturated rings. The molecule has 0 unspecified atom stereocenters. The van der Waals surface area contributed by atoms with Crippen LogP contribution >= 0.6 is 0 Å². The van der Waals surface area contributed by atoms with Crippen LogP contribution in [-0.4, -0.2) is 82.3 Å². The lowest BCUT2D eigenvalue weighted by atomic mass is 10.0. The minimum atomic E-state index is -0.890. The molecule has 0 bridgehead atoms. The van der Waals surface area contributed by atoms with Crippen molar-refractivity contribution in [3.05, 3.63) is 71.8 Å². The van der Waals surface area contributed by atoms with E-state index in [2.05, 4.69) is 24.9 Å². The van der Waals surface area contributed by atoms with Gasteiger partial charge in [-0.1, -0.05) is 62.0 Å². The first-order chi connectivity index (χ1) is 20.5. The third-order valence-electron chi connectivity index (χ3n) is 6.29. The van der Waals surface area contributed by atoms with Gasteiger partial charge in [0.1, 0.15) is 0 Å². The predicted octanol–water partition coefficient (Wildman–Crippen LogP) is 3.86. The number of aliphatic carboxylic acids is 1. The van der Waals surface area contributed by atoms with Crippen molar-refractivity contribution >= 4 is 29.5 Å². The van der Waals surface area contributed by atoms with Crippen molar-refractivity contribution in [3.63, 3.8) is 0 Å².